The predicted molar refractivity (Wildman–Crippen MR) is 49.6 cm³/mol. The molecule has 0 atom stereocenters. The molecule has 0 spiro atoms. The van der Waals surface area contributed by atoms with Gasteiger partial charge in [0.1, 0.15) is 0 Å². The first-order chi connectivity index (χ1) is 7.01. The molecule has 0 aromatic rings. The zero-order valence-electron chi connectivity index (χ0n) is 9.74. The van der Waals surface area contributed by atoms with E-state index >= 15 is 0 Å². The van der Waals surface area contributed by atoms with Crippen LogP contribution in [0.3, 0.4) is 0 Å². The Bertz CT molecular complexity index is 252. The predicted octanol–water partition coefficient (Wildman–Crippen LogP) is -4.58. The average molecular weight is 255 g/mol. The standard InChI is InChI=1S/C9H15NO5.K/c1-6(4-7(11)12)9(13)10-5-8(14-2)15-3;/h8H,1,4-5H2,2-3H3,(H,10,13)(H,11,12);/q;+1/p-1. The molecule has 0 aliphatic carbocycles. The molecule has 0 unspecified atom stereocenters. The summed E-state index contributed by atoms with van der Waals surface area (Å²) in [6, 6.07) is 0. The number of amides is 1. The van der Waals surface area contributed by atoms with E-state index in [4.69, 9.17) is 9.47 Å². The summed E-state index contributed by atoms with van der Waals surface area (Å²) in [6.45, 7) is 3.43. The molecule has 0 aromatic carbocycles. The van der Waals surface area contributed by atoms with Gasteiger partial charge in [-0.2, -0.15) is 0 Å². The van der Waals surface area contributed by atoms with Gasteiger partial charge in [0.2, 0.25) is 5.91 Å². The molecule has 0 bridgehead atoms. The van der Waals surface area contributed by atoms with Gasteiger partial charge in [-0.1, -0.05) is 6.58 Å². The van der Waals surface area contributed by atoms with E-state index in [2.05, 4.69) is 11.9 Å². The number of carboxylic acids is 1. The monoisotopic (exact) mass is 255 g/mol. The summed E-state index contributed by atoms with van der Waals surface area (Å²) >= 11 is 0. The van der Waals surface area contributed by atoms with Crippen LogP contribution in [0.1, 0.15) is 6.42 Å². The van der Waals surface area contributed by atoms with Crippen molar-refractivity contribution in [2.45, 2.75) is 12.7 Å². The largest absolute Gasteiger partial charge is 1.00 e. The first kappa shape index (κ1) is 18.6. The molecule has 0 aromatic heterocycles. The number of hydrogen-bond acceptors (Lipinski definition) is 5. The van der Waals surface area contributed by atoms with Crippen molar-refractivity contribution < 1.29 is 75.6 Å². The molecule has 6 nitrogen and oxygen atoms in total. The molecule has 7 heteroatoms. The molecular weight excluding hydrogens is 241 g/mol. The summed E-state index contributed by atoms with van der Waals surface area (Å²) in [4.78, 5) is 21.4. The Balaban J connectivity index is 0. The van der Waals surface area contributed by atoms with E-state index in [1.54, 1.807) is 0 Å². The Morgan fingerprint density at radius 3 is 2.25 bits per heavy atom. The van der Waals surface area contributed by atoms with Gasteiger partial charge in [0.05, 0.1) is 6.54 Å². The second-order valence-electron chi connectivity index (χ2n) is 2.76. The normalized spacial score (nSPS) is 9.44. The number of rotatable bonds is 7. The van der Waals surface area contributed by atoms with Crippen LogP contribution in [0.15, 0.2) is 12.2 Å². The van der Waals surface area contributed by atoms with Crippen LogP contribution in [0, 0.1) is 0 Å². The number of nitrogens with one attached hydrogen (secondary N) is 1. The van der Waals surface area contributed by atoms with Crippen molar-refractivity contribution in [3.05, 3.63) is 12.2 Å². The second-order valence-corrected chi connectivity index (χ2v) is 2.76. The van der Waals surface area contributed by atoms with Gasteiger partial charge < -0.3 is 24.7 Å². The van der Waals surface area contributed by atoms with E-state index in [9.17, 15) is 14.7 Å². The molecule has 0 fully saturated rings. The Kier molecular flexibility index (Phi) is 12.1. The van der Waals surface area contributed by atoms with Crippen LogP contribution in [-0.4, -0.2) is 38.9 Å². The van der Waals surface area contributed by atoms with Crippen molar-refractivity contribution in [3.8, 4) is 0 Å². The second kappa shape index (κ2) is 10.4. The van der Waals surface area contributed by atoms with Crippen molar-refractivity contribution in [2.24, 2.45) is 0 Å². The number of methoxy groups -OCH3 is 2. The minimum absolute atomic E-state index is 0. The third kappa shape index (κ3) is 8.40. The van der Waals surface area contributed by atoms with Gasteiger partial charge in [0.15, 0.2) is 6.29 Å². The number of carbonyl (C=O) groups is 2. The summed E-state index contributed by atoms with van der Waals surface area (Å²) in [5.74, 6) is -1.90. The molecule has 0 aliphatic heterocycles. The molecule has 0 heterocycles. The van der Waals surface area contributed by atoms with Gasteiger partial charge in [-0.25, -0.2) is 0 Å². The van der Waals surface area contributed by atoms with Crippen LogP contribution < -0.4 is 61.8 Å². The third-order valence-corrected chi connectivity index (χ3v) is 1.63. The van der Waals surface area contributed by atoms with Crippen LogP contribution in [0.2, 0.25) is 0 Å². The number of aliphatic carboxylic acids is 1. The average Bonchev–Trinajstić information content (AvgIpc) is 2.18. The molecule has 86 valence electrons. The molecule has 0 radical (unpaired) electrons. The van der Waals surface area contributed by atoms with Crippen LogP contribution in [0.4, 0.5) is 0 Å². The number of hydrogen-bond donors (Lipinski definition) is 1. The van der Waals surface area contributed by atoms with Gasteiger partial charge in [-0.05, 0) is 0 Å². The molecule has 1 N–H and O–H groups in total. The number of carboxylic acid groups (broad SMARTS) is 1. The van der Waals surface area contributed by atoms with Crippen LogP contribution >= 0.6 is 0 Å². The van der Waals surface area contributed by atoms with E-state index in [-0.39, 0.29) is 63.5 Å². The SMILES string of the molecule is C=C(CC(=O)[O-])C(=O)NCC(OC)OC.[K+]. The molecule has 0 saturated heterocycles. The van der Waals surface area contributed by atoms with Gasteiger partial charge in [-0.15, -0.1) is 0 Å². The van der Waals surface area contributed by atoms with Crippen molar-refractivity contribution in [3.63, 3.8) is 0 Å². The zero-order valence-corrected chi connectivity index (χ0v) is 12.9. The first-order valence-electron chi connectivity index (χ1n) is 4.22. The van der Waals surface area contributed by atoms with Crippen LogP contribution in [-0.2, 0) is 19.1 Å². The van der Waals surface area contributed by atoms with Crippen LogP contribution in [0.25, 0.3) is 0 Å². The molecule has 16 heavy (non-hydrogen) atoms. The van der Waals surface area contributed by atoms with Crippen molar-refractivity contribution in [1.29, 1.82) is 0 Å². The summed E-state index contributed by atoms with van der Waals surface area (Å²) in [6.07, 6.45) is -1.05. The fraction of sp³-hybridized carbons (Fsp3) is 0.556. The van der Waals surface area contributed by atoms with E-state index in [0.29, 0.717) is 0 Å². The van der Waals surface area contributed by atoms with E-state index < -0.39 is 24.6 Å². The van der Waals surface area contributed by atoms with Gasteiger partial charge >= 0.3 is 51.4 Å². The molecule has 1 amide bonds. The fourth-order valence-corrected chi connectivity index (χ4v) is 0.818. The van der Waals surface area contributed by atoms with Gasteiger partial charge in [-0.3, -0.25) is 4.79 Å². The summed E-state index contributed by atoms with van der Waals surface area (Å²) in [5, 5.41) is 12.6. The minimum Gasteiger partial charge on any atom is -0.550 e. The Morgan fingerprint density at radius 2 is 1.88 bits per heavy atom. The maximum atomic E-state index is 11.2. The van der Waals surface area contributed by atoms with E-state index in [1.165, 1.54) is 14.2 Å². The number of carbonyl (C=O) groups excluding carboxylic acids is 2. The maximum absolute atomic E-state index is 11.2. The first-order valence-corrected chi connectivity index (χ1v) is 4.22. The fourth-order valence-electron chi connectivity index (χ4n) is 0.818. The Morgan fingerprint density at radius 1 is 1.38 bits per heavy atom. The summed E-state index contributed by atoms with van der Waals surface area (Å²) < 4.78 is 9.63. The molecular formula is C9H14KNO5. The summed E-state index contributed by atoms with van der Waals surface area (Å²) in [7, 11) is 2.85. The van der Waals surface area contributed by atoms with Crippen molar-refractivity contribution in [1.82, 2.24) is 5.32 Å². The smallest absolute Gasteiger partial charge is 0.550 e. The number of ether oxygens (including phenoxy) is 2. The maximum Gasteiger partial charge on any atom is 1.00 e. The van der Waals surface area contributed by atoms with Crippen molar-refractivity contribution in [2.75, 3.05) is 20.8 Å². The molecule has 0 saturated carbocycles. The third-order valence-electron chi connectivity index (χ3n) is 1.63. The Labute approximate surface area is 137 Å². The molecule has 0 rings (SSSR count). The van der Waals surface area contributed by atoms with Crippen LogP contribution in [0.5, 0.6) is 0 Å². The Hall–Kier alpha value is 0.236. The quantitative estimate of drug-likeness (QED) is 0.281. The van der Waals surface area contributed by atoms with E-state index in [1.807, 2.05) is 0 Å². The molecule has 0 aliphatic rings. The van der Waals surface area contributed by atoms with Gasteiger partial charge in [0, 0.05) is 32.2 Å². The van der Waals surface area contributed by atoms with E-state index in [0.717, 1.165) is 0 Å². The topological polar surface area (TPSA) is 87.7 Å². The summed E-state index contributed by atoms with van der Waals surface area (Å²) in [5.41, 5.74) is -0.0686. The minimum atomic E-state index is -1.34. The van der Waals surface area contributed by atoms with Crippen molar-refractivity contribution >= 4 is 11.9 Å². The zero-order chi connectivity index (χ0) is 11.8. The van der Waals surface area contributed by atoms with Gasteiger partial charge in [0.25, 0.3) is 0 Å².